The SMILES string of the molecule is COCC(C)NCC1CC2CCC1N2C(=O)OC(C)(C)C. The molecular weight excluding hydrogens is 268 g/mol. The fourth-order valence-electron chi connectivity index (χ4n) is 3.59. The van der Waals surface area contributed by atoms with Crippen molar-refractivity contribution in [3.8, 4) is 0 Å². The predicted octanol–water partition coefficient (Wildman–Crippen LogP) is 2.40. The van der Waals surface area contributed by atoms with E-state index in [0.717, 1.165) is 32.4 Å². The number of nitrogens with zero attached hydrogens (tertiary/aromatic N) is 1. The first kappa shape index (κ1) is 16.6. The zero-order valence-electron chi connectivity index (χ0n) is 14.0. The summed E-state index contributed by atoms with van der Waals surface area (Å²) in [6, 6.07) is 1.06. The van der Waals surface area contributed by atoms with Crippen LogP contribution in [0.1, 0.15) is 47.0 Å². The average molecular weight is 298 g/mol. The van der Waals surface area contributed by atoms with Crippen molar-refractivity contribution in [3.63, 3.8) is 0 Å². The quantitative estimate of drug-likeness (QED) is 0.847. The number of hydrogen-bond acceptors (Lipinski definition) is 4. The highest BCUT2D eigenvalue weighted by atomic mass is 16.6. The van der Waals surface area contributed by atoms with Gasteiger partial charge >= 0.3 is 6.09 Å². The number of carbonyl (C=O) groups excluding carboxylic acids is 1. The summed E-state index contributed by atoms with van der Waals surface area (Å²) in [5.74, 6) is 0.538. The molecule has 2 aliphatic rings. The summed E-state index contributed by atoms with van der Waals surface area (Å²) in [5.41, 5.74) is -0.417. The van der Waals surface area contributed by atoms with E-state index in [1.165, 1.54) is 0 Å². The van der Waals surface area contributed by atoms with Crippen molar-refractivity contribution in [2.24, 2.45) is 5.92 Å². The molecular formula is C16H30N2O3. The Labute approximate surface area is 128 Å². The Morgan fingerprint density at radius 1 is 1.38 bits per heavy atom. The van der Waals surface area contributed by atoms with E-state index in [1.807, 2.05) is 25.7 Å². The molecule has 2 fully saturated rings. The Hall–Kier alpha value is -0.810. The van der Waals surface area contributed by atoms with Gasteiger partial charge in [0.2, 0.25) is 0 Å². The zero-order chi connectivity index (χ0) is 15.6. The molecule has 21 heavy (non-hydrogen) atoms. The Morgan fingerprint density at radius 2 is 2.10 bits per heavy atom. The molecule has 0 aromatic carbocycles. The van der Waals surface area contributed by atoms with Crippen LogP contribution in [0.25, 0.3) is 0 Å². The van der Waals surface area contributed by atoms with Crippen LogP contribution in [0, 0.1) is 5.92 Å². The van der Waals surface area contributed by atoms with Crippen LogP contribution in [0.2, 0.25) is 0 Å². The number of ether oxygens (including phenoxy) is 2. The summed E-state index contributed by atoms with van der Waals surface area (Å²) in [6.45, 7) is 9.57. The maximum absolute atomic E-state index is 12.4. The van der Waals surface area contributed by atoms with Crippen LogP contribution in [0.3, 0.4) is 0 Å². The smallest absolute Gasteiger partial charge is 0.410 e. The van der Waals surface area contributed by atoms with Crippen molar-refractivity contribution >= 4 is 6.09 Å². The number of nitrogens with one attached hydrogen (secondary N) is 1. The van der Waals surface area contributed by atoms with Gasteiger partial charge in [-0.25, -0.2) is 4.79 Å². The lowest BCUT2D eigenvalue weighted by Gasteiger charge is -2.28. The van der Waals surface area contributed by atoms with Crippen molar-refractivity contribution in [2.45, 2.75) is 70.7 Å². The number of carbonyl (C=O) groups is 1. The van der Waals surface area contributed by atoms with Crippen LogP contribution >= 0.6 is 0 Å². The van der Waals surface area contributed by atoms with Gasteiger partial charge in [0.05, 0.1) is 6.61 Å². The van der Waals surface area contributed by atoms with Crippen LogP contribution in [-0.4, -0.2) is 55.0 Å². The molecule has 0 spiro atoms. The first-order chi connectivity index (χ1) is 9.81. The largest absolute Gasteiger partial charge is 0.444 e. The van der Waals surface area contributed by atoms with Gasteiger partial charge in [-0.15, -0.1) is 0 Å². The van der Waals surface area contributed by atoms with E-state index in [-0.39, 0.29) is 6.09 Å². The molecule has 2 rings (SSSR count). The van der Waals surface area contributed by atoms with Crippen LogP contribution in [0.4, 0.5) is 4.79 Å². The molecule has 122 valence electrons. The highest BCUT2D eigenvalue weighted by molar-refractivity contribution is 5.70. The number of fused-ring (bicyclic) bond motifs is 2. The van der Waals surface area contributed by atoms with Gasteiger partial charge in [0.25, 0.3) is 0 Å². The van der Waals surface area contributed by atoms with Gasteiger partial charge in [-0.3, -0.25) is 0 Å². The van der Waals surface area contributed by atoms with E-state index in [9.17, 15) is 4.79 Å². The van der Waals surface area contributed by atoms with Crippen LogP contribution in [0.5, 0.6) is 0 Å². The lowest BCUT2D eigenvalue weighted by molar-refractivity contribution is 0.0205. The minimum atomic E-state index is -0.417. The van der Waals surface area contributed by atoms with Crippen LogP contribution < -0.4 is 5.32 Å². The third kappa shape index (κ3) is 4.10. The van der Waals surface area contributed by atoms with Gasteiger partial charge in [0, 0.05) is 31.8 Å². The highest BCUT2D eigenvalue weighted by Crippen LogP contribution is 2.42. The highest BCUT2D eigenvalue weighted by Gasteiger charge is 2.49. The molecule has 0 radical (unpaired) electrons. The molecule has 4 unspecified atom stereocenters. The molecule has 4 atom stereocenters. The Kier molecular flexibility index (Phi) is 5.15. The molecule has 2 saturated heterocycles. The number of rotatable bonds is 5. The Bertz CT molecular complexity index is 367. The second-order valence-electron chi connectivity index (χ2n) is 7.45. The van der Waals surface area contributed by atoms with Crippen LogP contribution in [-0.2, 0) is 9.47 Å². The minimum Gasteiger partial charge on any atom is -0.444 e. The van der Waals surface area contributed by atoms with Gasteiger partial charge in [-0.05, 0) is 52.9 Å². The van der Waals surface area contributed by atoms with Crippen molar-refractivity contribution in [1.29, 1.82) is 0 Å². The zero-order valence-corrected chi connectivity index (χ0v) is 14.0. The standard InChI is InChI=1S/C16H30N2O3/c1-11(10-20-5)17-9-12-8-13-6-7-14(12)18(13)15(19)21-16(2,3)4/h11-14,17H,6-10H2,1-5H3. The number of methoxy groups -OCH3 is 1. The third-order valence-electron chi connectivity index (χ3n) is 4.41. The Morgan fingerprint density at radius 3 is 2.71 bits per heavy atom. The molecule has 0 aliphatic carbocycles. The molecule has 5 nitrogen and oxygen atoms in total. The molecule has 2 bridgehead atoms. The summed E-state index contributed by atoms with van der Waals surface area (Å²) in [4.78, 5) is 14.4. The lowest BCUT2D eigenvalue weighted by Crippen LogP contribution is -2.42. The molecule has 0 aromatic heterocycles. The number of hydrogen-bond donors (Lipinski definition) is 1. The minimum absolute atomic E-state index is 0.137. The van der Waals surface area contributed by atoms with E-state index >= 15 is 0 Å². The fraction of sp³-hybridized carbons (Fsp3) is 0.938. The summed E-state index contributed by atoms with van der Waals surface area (Å²) in [6.07, 6.45) is 3.18. The predicted molar refractivity (Wildman–Crippen MR) is 82.3 cm³/mol. The van der Waals surface area contributed by atoms with E-state index in [2.05, 4.69) is 12.2 Å². The third-order valence-corrected chi connectivity index (χ3v) is 4.41. The normalized spacial score (nSPS) is 29.8. The van der Waals surface area contributed by atoms with Gasteiger partial charge in [-0.2, -0.15) is 0 Å². The summed E-state index contributed by atoms with van der Waals surface area (Å²) >= 11 is 0. The van der Waals surface area contributed by atoms with Gasteiger partial charge in [0.15, 0.2) is 0 Å². The van der Waals surface area contributed by atoms with Crippen molar-refractivity contribution in [3.05, 3.63) is 0 Å². The molecule has 1 amide bonds. The van der Waals surface area contributed by atoms with E-state index in [4.69, 9.17) is 9.47 Å². The molecule has 1 N–H and O–H groups in total. The molecule has 2 aliphatic heterocycles. The summed E-state index contributed by atoms with van der Waals surface area (Å²) in [7, 11) is 1.72. The van der Waals surface area contributed by atoms with Gasteiger partial charge in [-0.1, -0.05) is 0 Å². The van der Waals surface area contributed by atoms with E-state index in [0.29, 0.717) is 24.0 Å². The maximum Gasteiger partial charge on any atom is 0.410 e. The van der Waals surface area contributed by atoms with E-state index in [1.54, 1.807) is 7.11 Å². The molecule has 5 heteroatoms. The first-order valence-corrected chi connectivity index (χ1v) is 8.05. The first-order valence-electron chi connectivity index (χ1n) is 8.05. The lowest BCUT2D eigenvalue weighted by atomic mass is 9.89. The second kappa shape index (κ2) is 6.53. The summed E-state index contributed by atoms with van der Waals surface area (Å²) in [5, 5.41) is 3.51. The fourth-order valence-corrected chi connectivity index (χ4v) is 3.59. The van der Waals surface area contributed by atoms with Crippen molar-refractivity contribution in [1.82, 2.24) is 10.2 Å². The van der Waals surface area contributed by atoms with Gasteiger partial charge < -0.3 is 19.7 Å². The van der Waals surface area contributed by atoms with E-state index < -0.39 is 5.60 Å². The Balaban J connectivity index is 1.88. The average Bonchev–Trinajstić information content (AvgIpc) is 2.91. The van der Waals surface area contributed by atoms with Crippen molar-refractivity contribution in [2.75, 3.05) is 20.3 Å². The monoisotopic (exact) mass is 298 g/mol. The number of amides is 1. The molecule has 2 heterocycles. The second-order valence-corrected chi connectivity index (χ2v) is 7.45. The van der Waals surface area contributed by atoms with Gasteiger partial charge in [0.1, 0.15) is 5.60 Å². The topological polar surface area (TPSA) is 50.8 Å². The van der Waals surface area contributed by atoms with Crippen molar-refractivity contribution < 1.29 is 14.3 Å². The maximum atomic E-state index is 12.4. The van der Waals surface area contributed by atoms with Crippen LogP contribution in [0.15, 0.2) is 0 Å². The molecule has 0 aromatic rings. The summed E-state index contributed by atoms with van der Waals surface area (Å²) < 4.78 is 10.7. The molecule has 0 saturated carbocycles.